The van der Waals surface area contributed by atoms with Crippen LogP contribution in [-0.4, -0.2) is 22.6 Å². The van der Waals surface area contributed by atoms with Gasteiger partial charge in [-0.3, -0.25) is 4.98 Å². The second-order valence-corrected chi connectivity index (χ2v) is 19.2. The molecular formula is C47H35IrN3OSi-2. The van der Waals surface area contributed by atoms with Crippen LogP contribution in [0.2, 0.25) is 19.6 Å². The number of furan rings is 1. The molecule has 0 aliphatic rings. The van der Waals surface area contributed by atoms with Crippen LogP contribution in [0.1, 0.15) is 0 Å². The third-order valence-electron chi connectivity index (χ3n) is 9.71. The molecule has 4 nitrogen and oxygen atoms in total. The Morgan fingerprint density at radius 2 is 1.34 bits per heavy atom. The van der Waals surface area contributed by atoms with E-state index in [4.69, 9.17) is 9.40 Å². The first kappa shape index (κ1) is 34.4. The number of nitrogens with zero attached hydrogens (tertiary/aromatic N) is 3. The van der Waals surface area contributed by atoms with Crippen LogP contribution in [0.5, 0.6) is 0 Å². The molecule has 0 spiro atoms. The van der Waals surface area contributed by atoms with Crippen molar-refractivity contribution in [1.29, 1.82) is 0 Å². The van der Waals surface area contributed by atoms with E-state index in [1.165, 1.54) is 26.7 Å². The van der Waals surface area contributed by atoms with E-state index in [1.807, 2.05) is 54.7 Å². The summed E-state index contributed by atoms with van der Waals surface area (Å²) in [6, 6.07) is 58.9. The Morgan fingerprint density at radius 1 is 0.623 bits per heavy atom. The summed E-state index contributed by atoms with van der Waals surface area (Å²) in [6.07, 6.45) is 2.02. The molecule has 3 heterocycles. The molecule has 7 aromatic carbocycles. The predicted octanol–water partition coefficient (Wildman–Crippen LogP) is 11.8. The van der Waals surface area contributed by atoms with Gasteiger partial charge in [-0.15, -0.1) is 54.1 Å². The maximum atomic E-state index is 6.41. The maximum absolute atomic E-state index is 6.41. The standard InChI is InChI=1S/C33H19N2O.C14H16NSi.Ir/c1-2-11-23-20-30-28(19-22(23)10-1)34-33(35(30)29-17-7-12-21-9-3-4-13-24(21)29)27-16-8-15-26-25-14-5-6-18-31(25)36-32(26)27;1-16(2,3)13-9-10-14(15-11-13)12-7-5-4-6-8-12;/h1-15,17-20H;4-7,9-11H,1-3H3;/q2*-1;. The van der Waals surface area contributed by atoms with E-state index in [-0.39, 0.29) is 20.1 Å². The number of imidazole rings is 1. The Balaban J connectivity index is 0.000000199. The van der Waals surface area contributed by atoms with Gasteiger partial charge in [-0.1, -0.05) is 122 Å². The van der Waals surface area contributed by atoms with Crippen LogP contribution >= 0.6 is 0 Å². The average molecular weight is 878 g/mol. The quantitative estimate of drug-likeness (QED) is 0.131. The van der Waals surface area contributed by atoms with Crippen molar-refractivity contribution < 1.29 is 24.5 Å². The van der Waals surface area contributed by atoms with Gasteiger partial charge in [0.1, 0.15) is 5.58 Å². The van der Waals surface area contributed by atoms with E-state index in [2.05, 4.69) is 144 Å². The van der Waals surface area contributed by atoms with Crippen LogP contribution in [0.3, 0.4) is 0 Å². The zero-order valence-corrected chi connectivity index (χ0v) is 33.0. The van der Waals surface area contributed by atoms with Crippen LogP contribution in [0.4, 0.5) is 0 Å². The molecular weight excluding hydrogens is 843 g/mol. The molecule has 0 aliphatic carbocycles. The minimum atomic E-state index is -1.23. The van der Waals surface area contributed by atoms with E-state index < -0.39 is 8.07 Å². The van der Waals surface area contributed by atoms with Gasteiger partial charge >= 0.3 is 0 Å². The molecule has 3 aromatic heterocycles. The summed E-state index contributed by atoms with van der Waals surface area (Å²) in [5.41, 5.74) is 7.68. The Bertz CT molecular complexity index is 2880. The number of hydrogen-bond acceptors (Lipinski definition) is 3. The van der Waals surface area contributed by atoms with E-state index in [9.17, 15) is 0 Å². The molecule has 0 atom stereocenters. The van der Waals surface area contributed by atoms with Crippen LogP contribution in [0, 0.1) is 12.1 Å². The molecule has 0 amide bonds. The van der Waals surface area contributed by atoms with E-state index in [1.54, 1.807) is 0 Å². The van der Waals surface area contributed by atoms with Crippen LogP contribution < -0.4 is 5.19 Å². The predicted molar refractivity (Wildman–Crippen MR) is 219 cm³/mol. The number of hydrogen-bond donors (Lipinski definition) is 0. The van der Waals surface area contributed by atoms with Gasteiger partial charge in [0.2, 0.25) is 0 Å². The number of para-hydroxylation sites is 1. The second kappa shape index (κ2) is 14.1. The van der Waals surface area contributed by atoms with Gasteiger partial charge in [-0.05, 0) is 51.3 Å². The van der Waals surface area contributed by atoms with Gasteiger partial charge < -0.3 is 14.0 Å². The fraction of sp³-hybridized carbons (Fsp3) is 0.0638. The van der Waals surface area contributed by atoms with Gasteiger partial charge in [0.25, 0.3) is 0 Å². The van der Waals surface area contributed by atoms with Crippen molar-refractivity contribution >= 4 is 67.8 Å². The molecule has 10 aromatic rings. The zero-order valence-electron chi connectivity index (χ0n) is 29.6. The number of pyridine rings is 1. The number of rotatable bonds is 4. The Kier molecular flexibility index (Phi) is 9.13. The summed E-state index contributed by atoms with van der Waals surface area (Å²) in [5, 5.41) is 8.28. The summed E-state index contributed by atoms with van der Waals surface area (Å²) in [7, 11) is -1.23. The van der Waals surface area contributed by atoms with Crippen molar-refractivity contribution in [2.24, 2.45) is 0 Å². The van der Waals surface area contributed by atoms with Crippen LogP contribution in [0.15, 0.2) is 162 Å². The van der Waals surface area contributed by atoms with Crippen molar-refractivity contribution in [3.63, 3.8) is 0 Å². The molecule has 0 N–H and O–H groups in total. The van der Waals surface area contributed by atoms with Crippen molar-refractivity contribution in [3.05, 3.63) is 170 Å². The first-order valence-corrected chi connectivity index (χ1v) is 21.1. The molecule has 259 valence electrons. The minimum Gasteiger partial charge on any atom is -0.501 e. The molecule has 0 saturated carbocycles. The zero-order chi connectivity index (χ0) is 35.2. The van der Waals surface area contributed by atoms with Crippen molar-refractivity contribution in [2.75, 3.05) is 0 Å². The molecule has 0 fully saturated rings. The van der Waals surface area contributed by atoms with Gasteiger partial charge in [-0.2, -0.15) is 0 Å². The normalized spacial score (nSPS) is 11.5. The number of aromatic nitrogens is 3. The van der Waals surface area contributed by atoms with E-state index in [0.717, 1.165) is 61.3 Å². The third kappa shape index (κ3) is 6.40. The van der Waals surface area contributed by atoms with Gasteiger partial charge in [0.05, 0.1) is 30.5 Å². The SMILES string of the molecule is C[Si](C)(C)c1ccc(-c2[c-]cccc2)nc1.[Ir].[c-]1ccc2c(oc3ccccc32)c1-c1nc2cc3ccccc3cc2n1-c1cccc2ccccc12. The van der Waals surface area contributed by atoms with Crippen molar-refractivity contribution in [1.82, 2.24) is 14.5 Å². The van der Waals surface area contributed by atoms with Gasteiger partial charge in [0.15, 0.2) is 0 Å². The molecule has 0 unspecified atom stereocenters. The first-order valence-electron chi connectivity index (χ1n) is 17.6. The molecule has 0 saturated heterocycles. The van der Waals surface area contributed by atoms with Crippen LogP contribution in [0.25, 0.3) is 82.8 Å². The summed E-state index contributed by atoms with van der Waals surface area (Å²) in [5.74, 6) is 0.821. The molecule has 53 heavy (non-hydrogen) atoms. The molecule has 6 heteroatoms. The van der Waals surface area contributed by atoms with Gasteiger partial charge in [0, 0.05) is 42.8 Å². The summed E-state index contributed by atoms with van der Waals surface area (Å²) >= 11 is 0. The van der Waals surface area contributed by atoms with Gasteiger partial charge in [-0.25, -0.2) is 0 Å². The maximum Gasteiger partial charge on any atom is 0.120 e. The average Bonchev–Trinajstić information content (AvgIpc) is 3.75. The van der Waals surface area contributed by atoms with Crippen LogP contribution in [-0.2, 0) is 20.1 Å². The Morgan fingerprint density at radius 3 is 2.09 bits per heavy atom. The summed E-state index contributed by atoms with van der Waals surface area (Å²) in [6.45, 7) is 7.00. The van der Waals surface area contributed by atoms with E-state index in [0.29, 0.717) is 0 Å². The van der Waals surface area contributed by atoms with Crippen molar-refractivity contribution in [2.45, 2.75) is 19.6 Å². The number of benzene rings is 7. The Hall–Kier alpha value is -5.65. The van der Waals surface area contributed by atoms with Crippen molar-refractivity contribution in [3.8, 4) is 28.3 Å². The monoisotopic (exact) mass is 878 g/mol. The smallest absolute Gasteiger partial charge is 0.120 e. The summed E-state index contributed by atoms with van der Waals surface area (Å²) < 4.78 is 8.67. The van der Waals surface area contributed by atoms with E-state index >= 15 is 0 Å². The Labute approximate surface area is 323 Å². The molecule has 0 bridgehead atoms. The molecule has 1 radical (unpaired) electrons. The molecule has 0 aliphatic heterocycles. The number of fused-ring (bicyclic) bond motifs is 6. The fourth-order valence-electron chi connectivity index (χ4n) is 6.98. The first-order chi connectivity index (χ1) is 25.4. The largest absolute Gasteiger partial charge is 0.501 e. The second-order valence-electron chi connectivity index (χ2n) is 14.1. The summed E-state index contributed by atoms with van der Waals surface area (Å²) in [4.78, 5) is 9.73. The fourth-order valence-corrected chi connectivity index (χ4v) is 8.02. The molecule has 10 rings (SSSR count). The third-order valence-corrected chi connectivity index (χ3v) is 11.7. The minimum absolute atomic E-state index is 0. The topological polar surface area (TPSA) is 43.9 Å².